The Morgan fingerprint density at radius 1 is 1.38 bits per heavy atom. The zero-order valence-electron chi connectivity index (χ0n) is 12.9. The van der Waals surface area contributed by atoms with Crippen LogP contribution in [0.5, 0.6) is 11.5 Å². The highest BCUT2D eigenvalue weighted by atomic mass is 32.1. The summed E-state index contributed by atoms with van der Waals surface area (Å²) in [5.41, 5.74) is 6.09. The first-order valence-corrected chi connectivity index (χ1v) is 7.16. The van der Waals surface area contributed by atoms with Crippen LogP contribution in [0.4, 0.5) is 0 Å². The second-order valence-corrected chi connectivity index (χ2v) is 5.18. The predicted molar refractivity (Wildman–Crippen MR) is 87.1 cm³/mol. The average molecular weight is 310 g/mol. The van der Waals surface area contributed by atoms with E-state index in [-0.39, 0.29) is 11.8 Å². The monoisotopic (exact) mass is 310 g/mol. The third kappa shape index (κ3) is 4.32. The minimum atomic E-state index is -0.128. The van der Waals surface area contributed by atoms with Crippen LogP contribution < -0.4 is 15.2 Å². The Morgan fingerprint density at radius 2 is 2.05 bits per heavy atom. The van der Waals surface area contributed by atoms with Crippen molar-refractivity contribution in [2.75, 3.05) is 27.3 Å². The van der Waals surface area contributed by atoms with Gasteiger partial charge in [-0.15, -0.1) is 0 Å². The van der Waals surface area contributed by atoms with Crippen LogP contribution in [-0.4, -0.2) is 43.1 Å². The van der Waals surface area contributed by atoms with Crippen molar-refractivity contribution in [1.82, 2.24) is 4.90 Å². The number of hydrogen-bond acceptors (Lipinski definition) is 4. The molecule has 0 aliphatic rings. The van der Waals surface area contributed by atoms with Crippen molar-refractivity contribution in [2.45, 2.75) is 13.8 Å². The molecule has 21 heavy (non-hydrogen) atoms. The summed E-state index contributed by atoms with van der Waals surface area (Å²) in [7, 11) is 3.09. The topological polar surface area (TPSA) is 64.8 Å². The van der Waals surface area contributed by atoms with Gasteiger partial charge in [0.05, 0.1) is 24.8 Å². The molecule has 1 aromatic carbocycles. The fraction of sp³-hybridized carbons (Fsp3) is 0.467. The van der Waals surface area contributed by atoms with Gasteiger partial charge in [0, 0.05) is 19.0 Å². The molecule has 1 atom stereocenters. The van der Waals surface area contributed by atoms with E-state index in [0.29, 0.717) is 35.1 Å². The van der Waals surface area contributed by atoms with E-state index < -0.39 is 0 Å². The van der Waals surface area contributed by atoms with Crippen LogP contribution in [0.3, 0.4) is 0 Å². The summed E-state index contributed by atoms with van der Waals surface area (Å²) in [5.74, 6) is 0.955. The smallest absolute Gasteiger partial charge is 0.257 e. The molecule has 1 amide bonds. The van der Waals surface area contributed by atoms with Gasteiger partial charge in [-0.1, -0.05) is 19.1 Å². The maximum atomic E-state index is 12.7. The van der Waals surface area contributed by atoms with Gasteiger partial charge in [-0.25, -0.2) is 0 Å². The summed E-state index contributed by atoms with van der Waals surface area (Å²) in [4.78, 5) is 14.8. The first-order valence-electron chi connectivity index (χ1n) is 6.75. The van der Waals surface area contributed by atoms with Gasteiger partial charge in [0.25, 0.3) is 5.91 Å². The van der Waals surface area contributed by atoms with Crippen molar-refractivity contribution in [3.63, 3.8) is 0 Å². The minimum Gasteiger partial charge on any atom is -0.497 e. The van der Waals surface area contributed by atoms with E-state index in [1.807, 2.05) is 13.8 Å². The molecule has 116 valence electrons. The SMILES string of the molecule is CCN(CC(C)C(N)=S)C(=O)c1cc(OC)ccc1OC. The van der Waals surface area contributed by atoms with E-state index in [2.05, 4.69) is 0 Å². The van der Waals surface area contributed by atoms with E-state index in [4.69, 9.17) is 27.4 Å². The molecule has 1 unspecified atom stereocenters. The molecule has 0 aromatic heterocycles. The van der Waals surface area contributed by atoms with Crippen molar-refractivity contribution in [3.8, 4) is 11.5 Å². The third-order valence-corrected chi connectivity index (χ3v) is 3.69. The van der Waals surface area contributed by atoms with Crippen LogP contribution in [0, 0.1) is 5.92 Å². The maximum Gasteiger partial charge on any atom is 0.257 e. The highest BCUT2D eigenvalue weighted by molar-refractivity contribution is 7.80. The number of ether oxygens (including phenoxy) is 2. The molecule has 0 saturated carbocycles. The van der Waals surface area contributed by atoms with E-state index in [0.717, 1.165) is 0 Å². The van der Waals surface area contributed by atoms with Crippen LogP contribution in [-0.2, 0) is 0 Å². The molecule has 0 heterocycles. The Balaban J connectivity index is 3.06. The molecule has 0 spiro atoms. The molecule has 0 fully saturated rings. The van der Waals surface area contributed by atoms with Crippen molar-refractivity contribution in [3.05, 3.63) is 23.8 Å². The van der Waals surface area contributed by atoms with E-state index in [9.17, 15) is 4.79 Å². The number of rotatable bonds is 7. The van der Waals surface area contributed by atoms with Crippen LogP contribution in [0.1, 0.15) is 24.2 Å². The maximum absolute atomic E-state index is 12.7. The number of hydrogen-bond donors (Lipinski definition) is 1. The summed E-state index contributed by atoms with van der Waals surface area (Å²) >= 11 is 4.97. The second-order valence-electron chi connectivity index (χ2n) is 4.71. The van der Waals surface area contributed by atoms with E-state index in [1.165, 1.54) is 7.11 Å². The molecule has 1 rings (SSSR count). The van der Waals surface area contributed by atoms with Gasteiger partial charge >= 0.3 is 0 Å². The molecule has 0 aliphatic heterocycles. The van der Waals surface area contributed by atoms with Crippen LogP contribution in [0.15, 0.2) is 18.2 Å². The summed E-state index contributed by atoms with van der Waals surface area (Å²) in [5, 5.41) is 0. The zero-order valence-corrected chi connectivity index (χ0v) is 13.7. The lowest BCUT2D eigenvalue weighted by atomic mass is 10.1. The van der Waals surface area contributed by atoms with Gasteiger partial charge in [-0.2, -0.15) is 0 Å². The Kier molecular flexibility index (Phi) is 6.42. The fourth-order valence-electron chi connectivity index (χ4n) is 1.93. The largest absolute Gasteiger partial charge is 0.497 e. The third-order valence-electron chi connectivity index (χ3n) is 3.29. The average Bonchev–Trinajstić information content (AvgIpc) is 2.50. The Hall–Kier alpha value is -1.82. The number of nitrogens with zero attached hydrogens (tertiary/aromatic N) is 1. The molecule has 0 radical (unpaired) electrons. The first-order chi connectivity index (χ1) is 9.94. The molecular weight excluding hydrogens is 288 g/mol. The Labute approximate surface area is 131 Å². The summed E-state index contributed by atoms with van der Waals surface area (Å²) in [6.45, 7) is 4.86. The van der Waals surface area contributed by atoms with E-state index >= 15 is 0 Å². The summed E-state index contributed by atoms with van der Waals surface area (Å²) in [6, 6.07) is 5.15. The molecule has 0 aliphatic carbocycles. The molecule has 0 saturated heterocycles. The first kappa shape index (κ1) is 17.2. The highest BCUT2D eigenvalue weighted by Gasteiger charge is 2.21. The second kappa shape index (κ2) is 7.83. The van der Waals surface area contributed by atoms with Crippen molar-refractivity contribution in [1.29, 1.82) is 0 Å². The normalized spacial score (nSPS) is 11.6. The van der Waals surface area contributed by atoms with Gasteiger partial charge in [-0.05, 0) is 25.1 Å². The lowest BCUT2D eigenvalue weighted by molar-refractivity contribution is 0.0751. The summed E-state index contributed by atoms with van der Waals surface area (Å²) < 4.78 is 10.4. The molecule has 5 nitrogen and oxygen atoms in total. The number of methoxy groups -OCH3 is 2. The van der Waals surface area contributed by atoms with Crippen molar-refractivity contribution in [2.24, 2.45) is 11.7 Å². The number of thiocarbonyl (C=S) groups is 1. The van der Waals surface area contributed by atoms with Crippen LogP contribution >= 0.6 is 12.2 Å². The van der Waals surface area contributed by atoms with E-state index in [1.54, 1.807) is 30.2 Å². The minimum absolute atomic E-state index is 0.0412. The Bertz CT molecular complexity index is 520. The summed E-state index contributed by atoms with van der Waals surface area (Å²) in [6.07, 6.45) is 0. The van der Waals surface area contributed by atoms with Gasteiger partial charge in [0.15, 0.2) is 0 Å². The van der Waals surface area contributed by atoms with Gasteiger partial charge in [0.2, 0.25) is 0 Å². The number of carbonyl (C=O) groups is 1. The van der Waals surface area contributed by atoms with Gasteiger partial charge in [0.1, 0.15) is 11.5 Å². The highest BCUT2D eigenvalue weighted by Crippen LogP contribution is 2.25. The van der Waals surface area contributed by atoms with Crippen LogP contribution in [0.2, 0.25) is 0 Å². The number of amides is 1. The molecule has 6 heteroatoms. The Morgan fingerprint density at radius 3 is 2.52 bits per heavy atom. The number of carbonyl (C=O) groups excluding carboxylic acids is 1. The zero-order chi connectivity index (χ0) is 16.0. The molecule has 0 bridgehead atoms. The predicted octanol–water partition coefficient (Wildman–Crippen LogP) is 2.09. The lowest BCUT2D eigenvalue weighted by Crippen LogP contribution is -2.38. The standard InChI is InChI=1S/C15H22N2O3S/c1-5-17(9-10(2)14(16)21)15(18)12-8-11(19-3)6-7-13(12)20-4/h6-8,10H,5,9H2,1-4H3,(H2,16,21). The van der Waals surface area contributed by atoms with Gasteiger partial charge < -0.3 is 20.1 Å². The fourth-order valence-corrected chi connectivity index (χ4v) is 2.00. The quantitative estimate of drug-likeness (QED) is 0.781. The molecule has 1 aromatic rings. The number of benzene rings is 1. The molecule has 2 N–H and O–H groups in total. The van der Waals surface area contributed by atoms with Crippen LogP contribution in [0.25, 0.3) is 0 Å². The number of nitrogens with two attached hydrogens (primary N) is 1. The molecular formula is C15H22N2O3S. The van der Waals surface area contributed by atoms with Crippen molar-refractivity contribution >= 4 is 23.1 Å². The van der Waals surface area contributed by atoms with Crippen molar-refractivity contribution < 1.29 is 14.3 Å². The lowest BCUT2D eigenvalue weighted by Gasteiger charge is -2.25. The van der Waals surface area contributed by atoms with Gasteiger partial charge in [-0.3, -0.25) is 4.79 Å².